The van der Waals surface area contributed by atoms with Gasteiger partial charge in [0.15, 0.2) is 0 Å². The Hall–Kier alpha value is -2.14. The molecule has 2 aromatic rings. The van der Waals surface area contributed by atoms with Crippen LogP contribution in [0, 0.1) is 0 Å². The number of carbonyl (C=O) groups is 2. The first kappa shape index (κ1) is 15.3. The van der Waals surface area contributed by atoms with Gasteiger partial charge in [0.2, 0.25) is 5.91 Å². The van der Waals surface area contributed by atoms with Crippen molar-refractivity contribution in [1.29, 1.82) is 0 Å². The number of hydrogen-bond acceptors (Lipinski definition) is 2. The molecule has 1 unspecified atom stereocenters. The molecule has 108 valence electrons. The van der Waals surface area contributed by atoms with Gasteiger partial charge in [-0.1, -0.05) is 30.3 Å². The van der Waals surface area contributed by atoms with Gasteiger partial charge in [0.1, 0.15) is 0 Å². The van der Waals surface area contributed by atoms with Crippen LogP contribution in [0.1, 0.15) is 28.8 Å². The molecule has 0 aliphatic rings. The number of carboxylic acids is 1. The van der Waals surface area contributed by atoms with Crippen molar-refractivity contribution in [3.8, 4) is 0 Å². The lowest BCUT2D eigenvalue weighted by molar-refractivity contribution is -0.117. The molecular weight excluding hydrogens is 334 g/mol. The van der Waals surface area contributed by atoms with Gasteiger partial charge in [-0.15, -0.1) is 0 Å². The normalized spacial score (nSPS) is 11.7. The minimum absolute atomic E-state index is 0.126. The molecule has 2 N–H and O–H groups in total. The highest BCUT2D eigenvalue weighted by Gasteiger charge is 2.17. The SMILES string of the molecule is CC(C(=O)Nc1cc(C(=O)O)ccc1Br)c1ccccc1. The smallest absolute Gasteiger partial charge is 0.335 e. The third-order valence-electron chi connectivity index (χ3n) is 3.16. The molecule has 0 fully saturated rings. The van der Waals surface area contributed by atoms with Gasteiger partial charge in [-0.05, 0) is 46.6 Å². The van der Waals surface area contributed by atoms with Crippen LogP contribution < -0.4 is 5.32 Å². The van der Waals surface area contributed by atoms with Crippen LogP contribution >= 0.6 is 15.9 Å². The van der Waals surface area contributed by atoms with E-state index >= 15 is 0 Å². The van der Waals surface area contributed by atoms with Crippen LogP contribution in [-0.2, 0) is 4.79 Å². The molecule has 0 aliphatic heterocycles. The average Bonchev–Trinajstić information content (AvgIpc) is 2.49. The average molecular weight is 348 g/mol. The summed E-state index contributed by atoms with van der Waals surface area (Å²) in [4.78, 5) is 23.2. The van der Waals surface area contributed by atoms with E-state index in [-0.39, 0.29) is 17.4 Å². The number of rotatable bonds is 4. The molecule has 0 saturated heterocycles. The molecule has 2 aromatic carbocycles. The number of anilines is 1. The van der Waals surface area contributed by atoms with Crippen LogP contribution in [-0.4, -0.2) is 17.0 Å². The predicted molar refractivity (Wildman–Crippen MR) is 84.6 cm³/mol. The van der Waals surface area contributed by atoms with Crippen molar-refractivity contribution in [2.45, 2.75) is 12.8 Å². The van der Waals surface area contributed by atoms with E-state index in [1.54, 1.807) is 13.0 Å². The lowest BCUT2D eigenvalue weighted by atomic mass is 10.0. The quantitative estimate of drug-likeness (QED) is 0.881. The minimum atomic E-state index is -1.03. The first-order valence-corrected chi connectivity index (χ1v) is 7.17. The number of aromatic carboxylic acids is 1. The lowest BCUT2D eigenvalue weighted by Crippen LogP contribution is -2.19. The van der Waals surface area contributed by atoms with Crippen LogP contribution in [0.3, 0.4) is 0 Å². The summed E-state index contributed by atoms with van der Waals surface area (Å²) < 4.78 is 0.640. The summed E-state index contributed by atoms with van der Waals surface area (Å²) >= 11 is 3.31. The molecule has 1 atom stereocenters. The molecule has 1 amide bonds. The minimum Gasteiger partial charge on any atom is -0.478 e. The van der Waals surface area contributed by atoms with Crippen LogP contribution in [0.25, 0.3) is 0 Å². The van der Waals surface area contributed by atoms with E-state index in [0.29, 0.717) is 10.2 Å². The number of nitrogens with one attached hydrogen (secondary N) is 1. The zero-order chi connectivity index (χ0) is 15.4. The van der Waals surface area contributed by atoms with Gasteiger partial charge in [0, 0.05) is 4.47 Å². The highest BCUT2D eigenvalue weighted by Crippen LogP contribution is 2.25. The lowest BCUT2D eigenvalue weighted by Gasteiger charge is -2.14. The second kappa shape index (κ2) is 6.54. The number of hydrogen-bond donors (Lipinski definition) is 2. The molecule has 0 aromatic heterocycles. The van der Waals surface area contributed by atoms with E-state index in [4.69, 9.17) is 5.11 Å². The zero-order valence-corrected chi connectivity index (χ0v) is 12.9. The van der Waals surface area contributed by atoms with Crippen LogP contribution in [0.15, 0.2) is 53.0 Å². The summed E-state index contributed by atoms with van der Waals surface area (Å²) in [6.45, 7) is 1.81. The van der Waals surface area contributed by atoms with E-state index < -0.39 is 5.97 Å². The molecule has 0 saturated carbocycles. The third kappa shape index (κ3) is 3.70. The van der Waals surface area contributed by atoms with Crippen molar-refractivity contribution in [3.05, 3.63) is 64.1 Å². The van der Waals surface area contributed by atoms with Crippen molar-refractivity contribution in [2.24, 2.45) is 0 Å². The maximum Gasteiger partial charge on any atom is 0.335 e. The monoisotopic (exact) mass is 347 g/mol. The second-order valence-electron chi connectivity index (χ2n) is 4.62. The Morgan fingerprint density at radius 2 is 1.81 bits per heavy atom. The molecule has 0 bridgehead atoms. The maximum absolute atomic E-state index is 12.3. The van der Waals surface area contributed by atoms with Crippen LogP contribution in [0.5, 0.6) is 0 Å². The standard InChI is InChI=1S/C16H14BrNO3/c1-10(11-5-3-2-4-6-11)15(19)18-14-9-12(16(20)21)7-8-13(14)17/h2-10H,1H3,(H,18,19)(H,20,21). The van der Waals surface area contributed by atoms with Crippen molar-refractivity contribution in [2.75, 3.05) is 5.32 Å². The fourth-order valence-corrected chi connectivity index (χ4v) is 2.23. The Morgan fingerprint density at radius 1 is 1.14 bits per heavy atom. The highest BCUT2D eigenvalue weighted by molar-refractivity contribution is 9.10. The molecule has 21 heavy (non-hydrogen) atoms. The number of amides is 1. The molecule has 0 spiro atoms. The van der Waals surface area contributed by atoms with Gasteiger partial charge in [-0.3, -0.25) is 4.79 Å². The molecule has 0 heterocycles. The molecule has 0 aliphatic carbocycles. The van der Waals surface area contributed by atoms with Gasteiger partial charge < -0.3 is 10.4 Å². The van der Waals surface area contributed by atoms with Crippen molar-refractivity contribution < 1.29 is 14.7 Å². The topological polar surface area (TPSA) is 66.4 Å². The Morgan fingerprint density at radius 3 is 2.43 bits per heavy atom. The van der Waals surface area contributed by atoms with Gasteiger partial charge in [0.25, 0.3) is 0 Å². The Balaban J connectivity index is 2.20. The van der Waals surface area contributed by atoms with E-state index in [9.17, 15) is 9.59 Å². The molecule has 4 nitrogen and oxygen atoms in total. The number of carboxylic acid groups (broad SMARTS) is 1. The number of halogens is 1. The molecular formula is C16H14BrNO3. The van der Waals surface area contributed by atoms with E-state index in [1.165, 1.54) is 12.1 Å². The first-order valence-electron chi connectivity index (χ1n) is 6.37. The molecule has 2 rings (SSSR count). The third-order valence-corrected chi connectivity index (χ3v) is 3.86. The van der Waals surface area contributed by atoms with Gasteiger partial charge >= 0.3 is 5.97 Å². The largest absolute Gasteiger partial charge is 0.478 e. The summed E-state index contributed by atoms with van der Waals surface area (Å²) in [5.74, 6) is -1.55. The Bertz CT molecular complexity index is 670. The Labute approximate surface area is 130 Å². The summed E-state index contributed by atoms with van der Waals surface area (Å²) in [6.07, 6.45) is 0. The number of carbonyl (C=O) groups excluding carboxylic acids is 1. The van der Waals surface area contributed by atoms with E-state index in [0.717, 1.165) is 5.56 Å². The predicted octanol–water partition coefficient (Wildman–Crippen LogP) is 3.89. The van der Waals surface area contributed by atoms with Gasteiger partial charge in [0.05, 0.1) is 17.2 Å². The summed E-state index contributed by atoms with van der Waals surface area (Å²) in [7, 11) is 0. The van der Waals surface area contributed by atoms with Gasteiger partial charge in [-0.25, -0.2) is 4.79 Å². The van der Waals surface area contributed by atoms with Crippen LogP contribution in [0.4, 0.5) is 5.69 Å². The highest BCUT2D eigenvalue weighted by atomic mass is 79.9. The second-order valence-corrected chi connectivity index (χ2v) is 5.48. The summed E-state index contributed by atoms with van der Waals surface area (Å²) in [6, 6.07) is 13.9. The van der Waals surface area contributed by atoms with Crippen molar-refractivity contribution in [3.63, 3.8) is 0 Å². The Kier molecular flexibility index (Phi) is 4.75. The molecule has 5 heteroatoms. The maximum atomic E-state index is 12.3. The van der Waals surface area contributed by atoms with E-state index in [2.05, 4.69) is 21.2 Å². The fraction of sp³-hybridized carbons (Fsp3) is 0.125. The van der Waals surface area contributed by atoms with E-state index in [1.807, 2.05) is 30.3 Å². The summed E-state index contributed by atoms with van der Waals surface area (Å²) in [5.41, 5.74) is 1.48. The number of benzene rings is 2. The van der Waals surface area contributed by atoms with Crippen molar-refractivity contribution >= 4 is 33.5 Å². The molecule has 0 radical (unpaired) electrons. The van der Waals surface area contributed by atoms with Gasteiger partial charge in [-0.2, -0.15) is 0 Å². The van der Waals surface area contributed by atoms with Crippen LogP contribution in [0.2, 0.25) is 0 Å². The summed E-state index contributed by atoms with van der Waals surface area (Å²) in [5, 5.41) is 11.7. The fourth-order valence-electron chi connectivity index (χ4n) is 1.89. The zero-order valence-electron chi connectivity index (χ0n) is 11.3. The first-order chi connectivity index (χ1) is 9.99. The van der Waals surface area contributed by atoms with Crippen molar-refractivity contribution in [1.82, 2.24) is 0 Å².